The van der Waals surface area contributed by atoms with Gasteiger partial charge in [-0.15, -0.1) is 0 Å². The Morgan fingerprint density at radius 2 is 1.35 bits per heavy atom. The molecule has 0 saturated heterocycles. The third kappa shape index (κ3) is 3.48. The van der Waals surface area contributed by atoms with Crippen LogP contribution in [0.25, 0.3) is 32.8 Å². The highest BCUT2D eigenvalue weighted by molar-refractivity contribution is 6.09. The first kappa shape index (κ1) is 22.2. The number of nitrogens with one attached hydrogen (secondary N) is 1. The Morgan fingerprint density at radius 3 is 2.03 bits per heavy atom. The van der Waals surface area contributed by atoms with Crippen LogP contribution in [-0.2, 0) is 11.0 Å². The summed E-state index contributed by atoms with van der Waals surface area (Å²) in [6.07, 6.45) is 0. The van der Waals surface area contributed by atoms with Gasteiger partial charge in [0.2, 0.25) is 0 Å². The SMILES string of the molecule is COc1c(C(C)(C)O)cc2ccccc2c1-c1c(C(C)(C)c2ccccc2)[nH]c2ccccc12. The van der Waals surface area contributed by atoms with Gasteiger partial charge >= 0.3 is 0 Å². The molecule has 34 heavy (non-hydrogen) atoms. The van der Waals surface area contributed by atoms with Crippen LogP contribution in [0.15, 0.2) is 84.9 Å². The minimum Gasteiger partial charge on any atom is -0.496 e. The maximum absolute atomic E-state index is 11.1. The highest BCUT2D eigenvalue weighted by Gasteiger charge is 2.33. The molecule has 3 nitrogen and oxygen atoms in total. The summed E-state index contributed by atoms with van der Waals surface area (Å²) in [6, 6.07) is 29.4. The molecule has 4 aromatic carbocycles. The number of rotatable bonds is 5. The first-order valence-electron chi connectivity index (χ1n) is 11.7. The summed E-state index contributed by atoms with van der Waals surface area (Å²) in [7, 11) is 1.69. The standard InChI is InChI=1S/C31H31NO2/c1-30(2,21-14-7-6-8-15-21)29-27(23-17-11-12-18-25(23)32-29)26-22-16-10-9-13-20(22)19-24(28(26)34-5)31(3,4)33/h6-19,32-33H,1-5H3. The summed E-state index contributed by atoms with van der Waals surface area (Å²) in [6.45, 7) is 8.14. The Morgan fingerprint density at radius 1 is 0.735 bits per heavy atom. The summed E-state index contributed by atoms with van der Waals surface area (Å²) in [4.78, 5) is 3.76. The van der Waals surface area contributed by atoms with E-state index in [-0.39, 0.29) is 5.41 Å². The number of aromatic amines is 1. The molecule has 0 saturated carbocycles. The molecule has 0 aliphatic carbocycles. The fourth-order valence-corrected chi connectivity index (χ4v) is 5.11. The van der Waals surface area contributed by atoms with Crippen molar-refractivity contribution in [3.8, 4) is 16.9 Å². The molecule has 1 heterocycles. The van der Waals surface area contributed by atoms with Crippen LogP contribution < -0.4 is 4.74 Å². The van der Waals surface area contributed by atoms with Crippen LogP contribution in [0.4, 0.5) is 0 Å². The van der Waals surface area contributed by atoms with E-state index < -0.39 is 5.60 Å². The van der Waals surface area contributed by atoms with Crippen molar-refractivity contribution in [2.75, 3.05) is 7.11 Å². The molecule has 2 N–H and O–H groups in total. The van der Waals surface area contributed by atoms with Gasteiger partial charge in [0.1, 0.15) is 5.75 Å². The van der Waals surface area contributed by atoms with E-state index in [9.17, 15) is 5.11 Å². The largest absolute Gasteiger partial charge is 0.496 e. The molecule has 0 fully saturated rings. The van der Waals surface area contributed by atoms with Crippen molar-refractivity contribution in [1.29, 1.82) is 0 Å². The highest BCUT2D eigenvalue weighted by Crippen LogP contribution is 2.50. The predicted octanol–water partition coefficient (Wildman–Crippen LogP) is 7.55. The summed E-state index contributed by atoms with van der Waals surface area (Å²) < 4.78 is 6.08. The van der Waals surface area contributed by atoms with Gasteiger partial charge in [0.05, 0.1) is 12.7 Å². The number of para-hydroxylation sites is 1. The number of H-pyrrole nitrogens is 1. The van der Waals surface area contributed by atoms with Gasteiger partial charge < -0.3 is 14.8 Å². The second-order valence-electron chi connectivity index (χ2n) is 10.0. The maximum Gasteiger partial charge on any atom is 0.133 e. The minimum absolute atomic E-state index is 0.299. The molecule has 1 aromatic heterocycles. The van der Waals surface area contributed by atoms with Gasteiger partial charge in [-0.1, -0.05) is 86.6 Å². The maximum atomic E-state index is 11.1. The Hall–Kier alpha value is -3.56. The third-order valence-electron chi connectivity index (χ3n) is 6.94. The molecule has 0 radical (unpaired) electrons. The van der Waals surface area contributed by atoms with E-state index in [0.29, 0.717) is 5.75 Å². The highest BCUT2D eigenvalue weighted by atomic mass is 16.5. The Bertz CT molecular complexity index is 1490. The van der Waals surface area contributed by atoms with E-state index in [1.54, 1.807) is 7.11 Å². The second kappa shape index (κ2) is 8.03. The molecular weight excluding hydrogens is 418 g/mol. The molecule has 0 bridgehead atoms. The van der Waals surface area contributed by atoms with Crippen molar-refractivity contribution < 1.29 is 9.84 Å². The fraction of sp³-hybridized carbons (Fsp3) is 0.226. The fourth-order valence-electron chi connectivity index (χ4n) is 5.11. The van der Waals surface area contributed by atoms with Crippen molar-refractivity contribution in [2.24, 2.45) is 0 Å². The lowest BCUT2D eigenvalue weighted by atomic mass is 9.77. The van der Waals surface area contributed by atoms with Crippen LogP contribution in [0.3, 0.4) is 0 Å². The lowest BCUT2D eigenvalue weighted by Gasteiger charge is -2.29. The van der Waals surface area contributed by atoms with E-state index in [2.05, 4.69) is 97.7 Å². The Balaban J connectivity index is 1.97. The smallest absolute Gasteiger partial charge is 0.133 e. The van der Waals surface area contributed by atoms with Crippen LogP contribution in [0, 0.1) is 0 Å². The van der Waals surface area contributed by atoms with Gasteiger partial charge in [-0.05, 0) is 42.3 Å². The number of aromatic nitrogens is 1. The van der Waals surface area contributed by atoms with Gasteiger partial charge in [-0.25, -0.2) is 0 Å². The number of aliphatic hydroxyl groups is 1. The lowest BCUT2D eigenvalue weighted by Crippen LogP contribution is -2.21. The van der Waals surface area contributed by atoms with Crippen molar-refractivity contribution in [3.63, 3.8) is 0 Å². The van der Waals surface area contributed by atoms with E-state index >= 15 is 0 Å². The molecule has 3 heteroatoms. The zero-order valence-electron chi connectivity index (χ0n) is 20.4. The second-order valence-corrected chi connectivity index (χ2v) is 10.0. The van der Waals surface area contributed by atoms with Gasteiger partial charge in [0.15, 0.2) is 0 Å². The molecule has 0 aliphatic rings. The minimum atomic E-state index is -1.06. The molecule has 0 spiro atoms. The quantitative estimate of drug-likeness (QED) is 0.291. The Labute approximate surface area is 201 Å². The van der Waals surface area contributed by atoms with E-state index in [1.807, 2.05) is 19.9 Å². The van der Waals surface area contributed by atoms with Crippen LogP contribution in [0.2, 0.25) is 0 Å². The van der Waals surface area contributed by atoms with E-state index in [0.717, 1.165) is 44.1 Å². The zero-order chi connectivity index (χ0) is 24.1. The average molecular weight is 450 g/mol. The van der Waals surface area contributed by atoms with Gasteiger partial charge in [-0.2, -0.15) is 0 Å². The predicted molar refractivity (Wildman–Crippen MR) is 142 cm³/mol. The van der Waals surface area contributed by atoms with Crippen LogP contribution in [-0.4, -0.2) is 17.2 Å². The molecule has 0 amide bonds. The molecule has 0 aliphatic heterocycles. The zero-order valence-corrected chi connectivity index (χ0v) is 20.4. The summed E-state index contributed by atoms with van der Waals surface area (Å²) >= 11 is 0. The van der Waals surface area contributed by atoms with E-state index in [4.69, 9.17) is 4.74 Å². The molecule has 0 atom stereocenters. The first-order chi connectivity index (χ1) is 16.2. The number of fused-ring (bicyclic) bond motifs is 2. The van der Waals surface area contributed by atoms with Crippen molar-refractivity contribution >= 4 is 21.7 Å². The topological polar surface area (TPSA) is 45.2 Å². The summed E-state index contributed by atoms with van der Waals surface area (Å²) in [5, 5.41) is 14.4. The van der Waals surface area contributed by atoms with Gasteiger partial charge in [0.25, 0.3) is 0 Å². The molecule has 0 unspecified atom stereocenters. The van der Waals surface area contributed by atoms with Crippen LogP contribution in [0.1, 0.15) is 44.5 Å². The molecular formula is C31H31NO2. The van der Waals surface area contributed by atoms with E-state index in [1.165, 1.54) is 5.56 Å². The van der Waals surface area contributed by atoms with Crippen molar-refractivity contribution in [3.05, 3.63) is 102 Å². The number of benzene rings is 4. The normalized spacial score (nSPS) is 12.4. The first-order valence-corrected chi connectivity index (χ1v) is 11.7. The monoisotopic (exact) mass is 449 g/mol. The van der Waals surface area contributed by atoms with Crippen molar-refractivity contribution in [2.45, 2.75) is 38.7 Å². The average Bonchev–Trinajstić information content (AvgIpc) is 3.23. The number of hydrogen-bond acceptors (Lipinski definition) is 2. The number of methoxy groups -OCH3 is 1. The molecule has 172 valence electrons. The Kier molecular flexibility index (Phi) is 5.26. The van der Waals surface area contributed by atoms with Crippen LogP contribution >= 0.6 is 0 Å². The molecule has 5 rings (SSSR count). The third-order valence-corrected chi connectivity index (χ3v) is 6.94. The van der Waals surface area contributed by atoms with Gasteiger partial charge in [0, 0.05) is 38.7 Å². The van der Waals surface area contributed by atoms with Crippen molar-refractivity contribution in [1.82, 2.24) is 4.98 Å². The molecule has 5 aromatic rings. The number of hydrogen-bond donors (Lipinski definition) is 2. The van der Waals surface area contributed by atoms with Crippen LogP contribution in [0.5, 0.6) is 5.75 Å². The van der Waals surface area contributed by atoms with Gasteiger partial charge in [-0.3, -0.25) is 0 Å². The lowest BCUT2D eigenvalue weighted by molar-refractivity contribution is 0.0759. The summed E-state index contributed by atoms with van der Waals surface area (Å²) in [5.41, 5.74) is 4.96. The number of ether oxygens (including phenoxy) is 1. The summed E-state index contributed by atoms with van der Waals surface area (Å²) in [5.74, 6) is 0.709.